The summed E-state index contributed by atoms with van der Waals surface area (Å²) in [7, 11) is 0. The van der Waals surface area contributed by atoms with E-state index in [9.17, 15) is 0 Å². The zero-order valence-electron chi connectivity index (χ0n) is 14.7. The fourth-order valence-electron chi connectivity index (χ4n) is 3.65. The lowest BCUT2D eigenvalue weighted by atomic mass is 9.93. The molecule has 26 heavy (non-hydrogen) atoms. The minimum Gasteiger partial charge on any atom is -0.307 e. The summed E-state index contributed by atoms with van der Waals surface area (Å²) in [5, 5.41) is 4.45. The van der Waals surface area contributed by atoms with Gasteiger partial charge in [0.15, 0.2) is 0 Å². The van der Waals surface area contributed by atoms with Crippen LogP contribution in [0.15, 0.2) is 84.9 Å². The van der Waals surface area contributed by atoms with Gasteiger partial charge >= 0.3 is 0 Å². The summed E-state index contributed by atoms with van der Waals surface area (Å²) >= 11 is 6.07. The van der Waals surface area contributed by atoms with Crippen molar-refractivity contribution in [3.8, 4) is 0 Å². The molecular weight excluding hydrogens is 340 g/mol. The molecule has 132 valence electrons. The first-order chi connectivity index (χ1) is 12.8. The van der Waals surface area contributed by atoms with Gasteiger partial charge in [0.25, 0.3) is 0 Å². The largest absolute Gasteiger partial charge is 0.307 e. The maximum absolute atomic E-state index is 6.07. The first kappa shape index (κ1) is 17.3. The average molecular weight is 363 g/mol. The molecule has 0 bridgehead atoms. The lowest BCUT2D eigenvalue weighted by molar-refractivity contribution is 0.0923. The van der Waals surface area contributed by atoms with Gasteiger partial charge in [0.05, 0.1) is 6.04 Å². The van der Waals surface area contributed by atoms with Crippen LogP contribution < -0.4 is 5.32 Å². The normalized spacial score (nSPS) is 15.2. The quantitative estimate of drug-likeness (QED) is 0.670. The van der Waals surface area contributed by atoms with Crippen LogP contribution in [-0.4, -0.2) is 24.0 Å². The van der Waals surface area contributed by atoms with Gasteiger partial charge in [-0.2, -0.15) is 0 Å². The molecule has 4 rings (SSSR count). The van der Waals surface area contributed by atoms with E-state index in [1.54, 1.807) is 0 Å². The van der Waals surface area contributed by atoms with E-state index >= 15 is 0 Å². The Hall–Kier alpha value is -2.13. The van der Waals surface area contributed by atoms with Crippen molar-refractivity contribution in [1.82, 2.24) is 10.2 Å². The summed E-state index contributed by atoms with van der Waals surface area (Å²) in [5.41, 5.74) is 3.94. The molecule has 0 aliphatic carbocycles. The zero-order valence-corrected chi connectivity index (χ0v) is 15.4. The molecule has 0 saturated carbocycles. The van der Waals surface area contributed by atoms with E-state index in [1.165, 1.54) is 16.7 Å². The number of hydrogen-bond donors (Lipinski definition) is 1. The Labute approximate surface area is 160 Å². The number of nitrogens with one attached hydrogen (secondary N) is 1. The van der Waals surface area contributed by atoms with Crippen LogP contribution in [0, 0.1) is 0 Å². The van der Waals surface area contributed by atoms with Gasteiger partial charge in [-0.3, -0.25) is 4.90 Å². The van der Waals surface area contributed by atoms with E-state index in [0.29, 0.717) is 12.1 Å². The fourth-order valence-corrected chi connectivity index (χ4v) is 3.86. The van der Waals surface area contributed by atoms with Gasteiger partial charge in [-0.15, -0.1) is 0 Å². The molecule has 3 heteroatoms. The summed E-state index contributed by atoms with van der Waals surface area (Å²) in [6.07, 6.45) is 0. The van der Waals surface area contributed by atoms with Crippen molar-refractivity contribution in [3.63, 3.8) is 0 Å². The van der Waals surface area contributed by atoms with Gasteiger partial charge in [-0.25, -0.2) is 0 Å². The zero-order chi connectivity index (χ0) is 17.8. The molecule has 0 unspecified atom stereocenters. The van der Waals surface area contributed by atoms with E-state index in [1.807, 2.05) is 18.2 Å². The fraction of sp³-hybridized carbons (Fsp3) is 0.217. The number of rotatable bonds is 6. The van der Waals surface area contributed by atoms with Gasteiger partial charge in [0.1, 0.15) is 0 Å². The lowest BCUT2D eigenvalue weighted by Gasteiger charge is -2.45. The Bertz CT molecular complexity index is 790. The van der Waals surface area contributed by atoms with Crippen molar-refractivity contribution < 1.29 is 0 Å². The monoisotopic (exact) mass is 362 g/mol. The molecule has 3 aromatic carbocycles. The van der Waals surface area contributed by atoms with Gasteiger partial charge in [-0.05, 0) is 28.8 Å². The van der Waals surface area contributed by atoms with Gasteiger partial charge in [0.2, 0.25) is 0 Å². The van der Waals surface area contributed by atoms with E-state index < -0.39 is 0 Å². The summed E-state index contributed by atoms with van der Waals surface area (Å²) in [5.74, 6) is 0. The highest BCUT2D eigenvalue weighted by Crippen LogP contribution is 2.32. The molecule has 2 nitrogen and oxygen atoms in total. The highest BCUT2D eigenvalue weighted by molar-refractivity contribution is 6.30. The highest BCUT2D eigenvalue weighted by atomic mass is 35.5. The van der Waals surface area contributed by atoms with Crippen molar-refractivity contribution in [2.24, 2.45) is 0 Å². The van der Waals surface area contributed by atoms with Crippen molar-refractivity contribution in [3.05, 3.63) is 107 Å². The maximum Gasteiger partial charge on any atom is 0.0602 e. The van der Waals surface area contributed by atoms with Crippen LogP contribution in [0.4, 0.5) is 0 Å². The number of benzene rings is 3. The maximum atomic E-state index is 6.07. The summed E-state index contributed by atoms with van der Waals surface area (Å²) in [4.78, 5) is 2.54. The number of hydrogen-bond acceptors (Lipinski definition) is 2. The van der Waals surface area contributed by atoms with Crippen molar-refractivity contribution in [2.75, 3.05) is 13.1 Å². The smallest absolute Gasteiger partial charge is 0.0602 e. The third kappa shape index (κ3) is 3.99. The van der Waals surface area contributed by atoms with Crippen LogP contribution >= 0.6 is 11.6 Å². The molecule has 0 atom stereocenters. The average Bonchev–Trinajstić information content (AvgIpc) is 2.65. The van der Waals surface area contributed by atoms with Crippen molar-refractivity contribution >= 4 is 11.6 Å². The van der Waals surface area contributed by atoms with Crippen LogP contribution in [0.3, 0.4) is 0 Å². The molecule has 0 radical (unpaired) electrons. The van der Waals surface area contributed by atoms with Gasteiger partial charge < -0.3 is 5.32 Å². The molecular formula is C23H23ClN2. The lowest BCUT2D eigenvalue weighted by Crippen LogP contribution is -2.58. The molecule has 0 amide bonds. The first-order valence-electron chi connectivity index (χ1n) is 9.11. The van der Waals surface area contributed by atoms with E-state index in [0.717, 1.165) is 24.7 Å². The van der Waals surface area contributed by atoms with Crippen molar-refractivity contribution in [1.29, 1.82) is 0 Å². The third-order valence-corrected chi connectivity index (χ3v) is 5.22. The SMILES string of the molecule is Clc1cccc(CNC2CN(C(c3ccccc3)c3ccccc3)C2)c1. The molecule has 1 heterocycles. The molecule has 0 spiro atoms. The second-order valence-electron chi connectivity index (χ2n) is 6.89. The standard InChI is InChI=1S/C23H23ClN2/c24-21-13-7-8-18(14-21)15-25-22-16-26(17-22)23(19-9-3-1-4-10-19)20-11-5-2-6-12-20/h1-14,22-23,25H,15-17H2. The van der Waals surface area contributed by atoms with Gasteiger partial charge in [0, 0.05) is 30.7 Å². The Morgan fingerprint density at radius 3 is 2.04 bits per heavy atom. The van der Waals surface area contributed by atoms with E-state index in [-0.39, 0.29) is 0 Å². The van der Waals surface area contributed by atoms with E-state index in [2.05, 4.69) is 76.9 Å². The summed E-state index contributed by atoms with van der Waals surface area (Å²) < 4.78 is 0. The number of likely N-dealkylation sites (tertiary alicyclic amines) is 1. The molecule has 1 aliphatic heterocycles. The molecule has 1 saturated heterocycles. The Balaban J connectivity index is 1.41. The molecule has 3 aromatic rings. The summed E-state index contributed by atoms with van der Waals surface area (Å²) in [6.45, 7) is 2.96. The van der Waals surface area contributed by atoms with Crippen LogP contribution in [0.25, 0.3) is 0 Å². The Morgan fingerprint density at radius 2 is 1.46 bits per heavy atom. The van der Waals surface area contributed by atoms with E-state index in [4.69, 9.17) is 11.6 Å². The second-order valence-corrected chi connectivity index (χ2v) is 7.32. The minimum absolute atomic E-state index is 0.321. The molecule has 0 aromatic heterocycles. The Kier molecular flexibility index (Phi) is 5.35. The Morgan fingerprint density at radius 1 is 0.846 bits per heavy atom. The number of halogens is 1. The number of nitrogens with zero attached hydrogens (tertiary/aromatic N) is 1. The first-order valence-corrected chi connectivity index (χ1v) is 9.49. The predicted molar refractivity (Wildman–Crippen MR) is 108 cm³/mol. The topological polar surface area (TPSA) is 15.3 Å². The molecule has 1 aliphatic rings. The predicted octanol–water partition coefficient (Wildman–Crippen LogP) is 4.90. The van der Waals surface area contributed by atoms with Crippen LogP contribution in [0.1, 0.15) is 22.7 Å². The van der Waals surface area contributed by atoms with Crippen LogP contribution in [-0.2, 0) is 6.54 Å². The molecule has 1 fully saturated rings. The van der Waals surface area contributed by atoms with Crippen molar-refractivity contribution in [2.45, 2.75) is 18.6 Å². The highest BCUT2D eigenvalue weighted by Gasteiger charge is 2.33. The van der Waals surface area contributed by atoms with Gasteiger partial charge in [-0.1, -0.05) is 84.4 Å². The van der Waals surface area contributed by atoms with Crippen LogP contribution in [0.5, 0.6) is 0 Å². The third-order valence-electron chi connectivity index (χ3n) is 4.99. The second kappa shape index (κ2) is 8.05. The van der Waals surface area contributed by atoms with Crippen LogP contribution in [0.2, 0.25) is 5.02 Å². The minimum atomic E-state index is 0.321. The molecule has 1 N–H and O–H groups in total. The summed E-state index contributed by atoms with van der Waals surface area (Å²) in [6, 6.07) is 30.5.